The van der Waals surface area contributed by atoms with Crippen molar-refractivity contribution >= 4 is 0 Å². The molecule has 0 atom stereocenters. The largest absolute Gasteiger partial charge is 0.389 e. The predicted molar refractivity (Wildman–Crippen MR) is 70.9 cm³/mol. The molecule has 0 aromatic rings. The van der Waals surface area contributed by atoms with E-state index >= 15 is 0 Å². The van der Waals surface area contributed by atoms with Gasteiger partial charge in [0.2, 0.25) is 0 Å². The van der Waals surface area contributed by atoms with Crippen molar-refractivity contribution in [1.82, 2.24) is 0 Å². The highest BCUT2D eigenvalue weighted by Crippen LogP contribution is 2.31. The van der Waals surface area contributed by atoms with Crippen LogP contribution in [0.3, 0.4) is 0 Å². The monoisotopic (exact) mass is 246 g/mol. The predicted octanol–water partition coefficient (Wildman–Crippen LogP) is 3.21. The molecule has 0 radical (unpaired) electrons. The normalized spacial score (nSPS) is 13.1. The van der Waals surface area contributed by atoms with Gasteiger partial charge in [-0.1, -0.05) is 27.7 Å². The number of rotatable bonds is 9. The van der Waals surface area contributed by atoms with Crippen LogP contribution in [0.2, 0.25) is 0 Å². The lowest BCUT2D eigenvalue weighted by molar-refractivity contribution is -0.154. The minimum absolute atomic E-state index is 0.186. The van der Waals surface area contributed by atoms with Crippen LogP contribution in [0, 0.1) is 11.8 Å². The molecule has 0 saturated heterocycles. The van der Waals surface area contributed by atoms with Crippen LogP contribution in [0.15, 0.2) is 0 Å². The van der Waals surface area contributed by atoms with Crippen LogP contribution >= 0.6 is 0 Å². The summed E-state index contributed by atoms with van der Waals surface area (Å²) in [6.45, 7) is 13.5. The van der Waals surface area contributed by atoms with Gasteiger partial charge in [-0.05, 0) is 32.1 Å². The van der Waals surface area contributed by atoms with Gasteiger partial charge in [-0.2, -0.15) is 0 Å². The maximum Gasteiger partial charge on any atom is 0.157 e. The topological polar surface area (TPSA) is 38.7 Å². The summed E-state index contributed by atoms with van der Waals surface area (Å²) >= 11 is 0. The molecule has 0 saturated carbocycles. The fourth-order valence-corrected chi connectivity index (χ4v) is 2.18. The first-order valence-corrected chi connectivity index (χ1v) is 6.84. The van der Waals surface area contributed by atoms with Gasteiger partial charge in [0.1, 0.15) is 0 Å². The molecule has 0 aliphatic carbocycles. The Balaban J connectivity index is 4.36. The summed E-state index contributed by atoms with van der Waals surface area (Å²) < 4.78 is 11.0. The molecule has 0 amide bonds. The number of hydrogen-bond acceptors (Lipinski definition) is 3. The molecule has 3 nitrogen and oxygen atoms in total. The van der Waals surface area contributed by atoms with Crippen LogP contribution in [0.5, 0.6) is 0 Å². The minimum atomic E-state index is -0.632. The molecule has 0 fully saturated rings. The Hall–Kier alpha value is -0.120. The third-order valence-electron chi connectivity index (χ3n) is 3.49. The van der Waals surface area contributed by atoms with Gasteiger partial charge in [0.25, 0.3) is 0 Å². The van der Waals surface area contributed by atoms with Crippen molar-refractivity contribution in [2.45, 2.75) is 66.3 Å². The Morgan fingerprint density at radius 1 is 0.941 bits per heavy atom. The van der Waals surface area contributed by atoms with Crippen LogP contribution in [-0.4, -0.2) is 30.2 Å². The summed E-state index contributed by atoms with van der Waals surface area (Å²) in [5.74, 6) is 0.484. The Kier molecular flexibility index (Phi) is 8.01. The molecule has 0 aliphatic heterocycles. The second-order valence-corrected chi connectivity index (χ2v) is 5.18. The van der Waals surface area contributed by atoms with Crippen LogP contribution in [-0.2, 0) is 9.47 Å². The number of hydrogen-bond donors (Lipinski definition) is 1. The first kappa shape index (κ1) is 16.9. The highest BCUT2D eigenvalue weighted by Gasteiger charge is 2.34. The van der Waals surface area contributed by atoms with Crippen molar-refractivity contribution in [3.05, 3.63) is 0 Å². The van der Waals surface area contributed by atoms with Crippen molar-refractivity contribution in [1.29, 1.82) is 0 Å². The molecule has 0 rings (SSSR count). The fourth-order valence-electron chi connectivity index (χ4n) is 2.18. The second-order valence-electron chi connectivity index (χ2n) is 5.18. The van der Waals surface area contributed by atoms with E-state index in [0.29, 0.717) is 19.6 Å². The van der Waals surface area contributed by atoms with Crippen LogP contribution in [0.1, 0.15) is 54.4 Å². The molecule has 0 aromatic carbocycles. The average Bonchev–Trinajstić information content (AvgIpc) is 2.25. The van der Waals surface area contributed by atoms with Gasteiger partial charge in [0, 0.05) is 19.6 Å². The third-order valence-corrected chi connectivity index (χ3v) is 3.49. The molecule has 0 heterocycles. The molecule has 0 aliphatic rings. The second kappa shape index (κ2) is 8.06. The van der Waals surface area contributed by atoms with Gasteiger partial charge in [-0.3, -0.25) is 0 Å². The highest BCUT2D eigenvalue weighted by molar-refractivity contribution is 4.85. The van der Waals surface area contributed by atoms with E-state index in [1.807, 2.05) is 13.8 Å². The smallest absolute Gasteiger partial charge is 0.157 e. The molecular weight excluding hydrogens is 216 g/mol. The first-order valence-electron chi connectivity index (χ1n) is 6.84. The van der Waals surface area contributed by atoms with Gasteiger partial charge < -0.3 is 14.6 Å². The van der Waals surface area contributed by atoms with E-state index < -0.39 is 5.60 Å². The summed E-state index contributed by atoms with van der Waals surface area (Å²) in [6.07, 6.45) is 1.27. The van der Waals surface area contributed by atoms with E-state index in [0.717, 1.165) is 6.42 Å². The maximum atomic E-state index is 10.6. The zero-order chi connectivity index (χ0) is 13.5. The number of aliphatic hydroxyl groups is 1. The molecule has 0 bridgehead atoms. The Morgan fingerprint density at radius 2 is 1.35 bits per heavy atom. The van der Waals surface area contributed by atoms with Crippen molar-refractivity contribution in [3.63, 3.8) is 0 Å². The lowest BCUT2D eigenvalue weighted by Crippen LogP contribution is -2.41. The molecule has 1 N–H and O–H groups in total. The van der Waals surface area contributed by atoms with Gasteiger partial charge in [0.15, 0.2) is 6.29 Å². The Morgan fingerprint density at radius 3 is 1.65 bits per heavy atom. The van der Waals surface area contributed by atoms with Crippen LogP contribution in [0.4, 0.5) is 0 Å². The minimum Gasteiger partial charge on any atom is -0.389 e. The van der Waals surface area contributed by atoms with Crippen molar-refractivity contribution in [2.24, 2.45) is 11.8 Å². The van der Waals surface area contributed by atoms with Crippen LogP contribution < -0.4 is 0 Å². The molecule has 0 aromatic heterocycles. The standard InChI is InChI=1S/C14H30O3/c1-7-16-13(17-8-2)9-10-14(15,11(3)4)12(5)6/h11-13,15H,7-10H2,1-6H3. The lowest BCUT2D eigenvalue weighted by Gasteiger charge is -2.37. The van der Waals surface area contributed by atoms with Crippen molar-refractivity contribution in [2.75, 3.05) is 13.2 Å². The zero-order valence-corrected chi connectivity index (χ0v) is 12.3. The van der Waals surface area contributed by atoms with Crippen LogP contribution in [0.25, 0.3) is 0 Å². The summed E-state index contributed by atoms with van der Waals surface area (Å²) in [6, 6.07) is 0. The molecule has 3 heteroatoms. The molecular formula is C14H30O3. The fraction of sp³-hybridized carbons (Fsp3) is 1.00. The van der Waals surface area contributed by atoms with E-state index in [-0.39, 0.29) is 18.1 Å². The van der Waals surface area contributed by atoms with E-state index in [1.165, 1.54) is 0 Å². The van der Waals surface area contributed by atoms with E-state index in [4.69, 9.17) is 9.47 Å². The zero-order valence-electron chi connectivity index (χ0n) is 12.3. The SMILES string of the molecule is CCOC(CCC(O)(C(C)C)C(C)C)OCC. The maximum absolute atomic E-state index is 10.6. The summed E-state index contributed by atoms with van der Waals surface area (Å²) in [5, 5.41) is 10.6. The molecule has 0 spiro atoms. The molecule has 0 unspecified atom stereocenters. The first-order chi connectivity index (χ1) is 7.88. The lowest BCUT2D eigenvalue weighted by atomic mass is 9.77. The van der Waals surface area contributed by atoms with Gasteiger partial charge >= 0.3 is 0 Å². The van der Waals surface area contributed by atoms with Gasteiger partial charge in [-0.25, -0.2) is 0 Å². The number of ether oxygens (including phenoxy) is 2. The quantitative estimate of drug-likeness (QED) is 0.635. The van der Waals surface area contributed by atoms with E-state index in [2.05, 4.69) is 27.7 Å². The summed E-state index contributed by atoms with van der Waals surface area (Å²) in [5.41, 5.74) is -0.632. The van der Waals surface area contributed by atoms with Crippen molar-refractivity contribution in [3.8, 4) is 0 Å². The van der Waals surface area contributed by atoms with E-state index in [9.17, 15) is 5.11 Å². The summed E-state index contributed by atoms with van der Waals surface area (Å²) in [4.78, 5) is 0. The molecule has 104 valence electrons. The summed E-state index contributed by atoms with van der Waals surface area (Å²) in [7, 11) is 0. The van der Waals surface area contributed by atoms with Gasteiger partial charge in [-0.15, -0.1) is 0 Å². The molecule has 17 heavy (non-hydrogen) atoms. The van der Waals surface area contributed by atoms with E-state index in [1.54, 1.807) is 0 Å². The highest BCUT2D eigenvalue weighted by atomic mass is 16.7. The Bertz CT molecular complexity index is 176. The average molecular weight is 246 g/mol. The van der Waals surface area contributed by atoms with Gasteiger partial charge in [0.05, 0.1) is 5.60 Å². The van der Waals surface area contributed by atoms with Crippen molar-refractivity contribution < 1.29 is 14.6 Å². The Labute approximate surface area is 107 Å². The third kappa shape index (κ3) is 5.36.